The van der Waals surface area contributed by atoms with Crippen molar-refractivity contribution in [3.63, 3.8) is 0 Å². The number of ether oxygens (including phenoxy) is 3. The van der Waals surface area contributed by atoms with E-state index in [1.54, 1.807) is 0 Å². The second kappa shape index (κ2) is 7.91. The average Bonchev–Trinajstić information content (AvgIpc) is 2.43. The van der Waals surface area contributed by atoms with Crippen LogP contribution in [0, 0.1) is 0 Å². The molecular weight excluding hydrogens is 262 g/mol. The molecule has 1 aromatic rings. The molecule has 0 atom stereocenters. The van der Waals surface area contributed by atoms with Crippen molar-refractivity contribution in [2.24, 2.45) is 5.11 Å². The van der Waals surface area contributed by atoms with Crippen molar-refractivity contribution >= 4 is 5.91 Å². The maximum absolute atomic E-state index is 11.7. The van der Waals surface area contributed by atoms with Crippen LogP contribution in [0.3, 0.4) is 0 Å². The molecule has 0 N–H and O–H groups in total. The Morgan fingerprint density at radius 2 is 1.60 bits per heavy atom. The normalized spacial score (nSPS) is 9.55. The molecule has 0 spiro atoms. The summed E-state index contributed by atoms with van der Waals surface area (Å²) >= 11 is 0. The lowest BCUT2D eigenvalue weighted by molar-refractivity contribution is 0.0999. The minimum atomic E-state index is -0.697. The molecule has 0 saturated carbocycles. The van der Waals surface area contributed by atoms with Gasteiger partial charge in [-0.25, -0.2) is 0 Å². The predicted octanol–water partition coefficient (Wildman–Crippen LogP) is 3.33. The summed E-state index contributed by atoms with van der Waals surface area (Å²) in [6.45, 7) is 6.72. The van der Waals surface area contributed by atoms with Gasteiger partial charge in [0, 0.05) is 10.5 Å². The Morgan fingerprint density at radius 3 is 2.00 bits per heavy atom. The first kappa shape index (κ1) is 15.7. The van der Waals surface area contributed by atoms with E-state index in [1.165, 1.54) is 12.1 Å². The van der Waals surface area contributed by atoms with Crippen LogP contribution >= 0.6 is 0 Å². The molecule has 1 amide bonds. The Hall–Kier alpha value is -2.40. The highest BCUT2D eigenvalue weighted by molar-refractivity contribution is 5.96. The zero-order valence-electron chi connectivity index (χ0n) is 11.8. The standard InChI is InChI=1S/C13H17N3O4/c1-4-18-10-7-9(13(17)15-16-14)8-11(19-5-2)12(10)20-6-3/h7-8H,4-6H2,1-3H3. The summed E-state index contributed by atoms with van der Waals surface area (Å²) < 4.78 is 16.4. The molecule has 0 unspecified atom stereocenters. The molecule has 108 valence electrons. The first-order chi connectivity index (χ1) is 9.67. The lowest BCUT2D eigenvalue weighted by Crippen LogP contribution is -2.05. The zero-order chi connectivity index (χ0) is 15.0. The van der Waals surface area contributed by atoms with Crippen molar-refractivity contribution in [1.82, 2.24) is 0 Å². The number of azide groups is 1. The van der Waals surface area contributed by atoms with Gasteiger partial charge in [0.25, 0.3) is 0 Å². The van der Waals surface area contributed by atoms with Gasteiger partial charge in [-0.15, -0.1) is 0 Å². The van der Waals surface area contributed by atoms with Gasteiger partial charge in [-0.05, 0) is 43.5 Å². The van der Waals surface area contributed by atoms with Crippen molar-refractivity contribution < 1.29 is 19.0 Å². The molecule has 0 radical (unpaired) electrons. The summed E-state index contributed by atoms with van der Waals surface area (Å²) in [4.78, 5) is 14.1. The molecule has 0 bridgehead atoms. The molecule has 7 nitrogen and oxygen atoms in total. The van der Waals surface area contributed by atoms with Crippen molar-refractivity contribution in [3.05, 3.63) is 28.1 Å². The fourth-order valence-corrected chi connectivity index (χ4v) is 1.61. The maximum Gasteiger partial charge on any atom is 0.249 e. The van der Waals surface area contributed by atoms with Gasteiger partial charge in [-0.2, -0.15) is 0 Å². The topological polar surface area (TPSA) is 93.5 Å². The number of rotatable bonds is 7. The summed E-state index contributed by atoms with van der Waals surface area (Å²) in [5, 5.41) is 3.06. The van der Waals surface area contributed by atoms with E-state index in [4.69, 9.17) is 19.7 Å². The lowest BCUT2D eigenvalue weighted by Gasteiger charge is -2.16. The molecule has 0 aliphatic heterocycles. The van der Waals surface area contributed by atoms with E-state index < -0.39 is 5.91 Å². The highest BCUT2D eigenvalue weighted by atomic mass is 16.5. The third-order valence-corrected chi connectivity index (χ3v) is 2.29. The van der Waals surface area contributed by atoms with E-state index in [9.17, 15) is 4.79 Å². The summed E-state index contributed by atoms with van der Waals surface area (Å²) in [5.74, 6) is 0.514. The highest BCUT2D eigenvalue weighted by Crippen LogP contribution is 2.39. The molecule has 1 rings (SSSR count). The van der Waals surface area contributed by atoms with Gasteiger partial charge in [-0.1, -0.05) is 0 Å². The van der Waals surface area contributed by atoms with Crippen LogP contribution in [0.1, 0.15) is 31.1 Å². The van der Waals surface area contributed by atoms with Crippen molar-refractivity contribution in [2.45, 2.75) is 20.8 Å². The zero-order valence-corrected chi connectivity index (χ0v) is 11.8. The third kappa shape index (κ3) is 3.80. The van der Waals surface area contributed by atoms with E-state index in [-0.39, 0.29) is 5.56 Å². The summed E-state index contributed by atoms with van der Waals surface area (Å²) in [6.07, 6.45) is 0. The van der Waals surface area contributed by atoms with Crippen LogP contribution in [-0.4, -0.2) is 25.7 Å². The van der Waals surface area contributed by atoms with Crippen molar-refractivity contribution in [3.8, 4) is 17.2 Å². The van der Waals surface area contributed by atoms with Crippen LogP contribution in [-0.2, 0) is 0 Å². The molecule has 0 heterocycles. The van der Waals surface area contributed by atoms with Crippen LogP contribution in [0.15, 0.2) is 17.2 Å². The van der Waals surface area contributed by atoms with E-state index in [1.807, 2.05) is 20.8 Å². The van der Waals surface area contributed by atoms with Gasteiger partial charge >= 0.3 is 0 Å². The number of amides is 1. The van der Waals surface area contributed by atoms with Gasteiger partial charge in [0.1, 0.15) is 0 Å². The second-order valence-corrected chi connectivity index (χ2v) is 3.60. The Balaban J connectivity index is 3.35. The minimum absolute atomic E-state index is 0.193. The van der Waals surface area contributed by atoms with E-state index in [0.717, 1.165) is 0 Å². The molecule has 1 aromatic carbocycles. The van der Waals surface area contributed by atoms with E-state index in [2.05, 4.69) is 10.0 Å². The highest BCUT2D eigenvalue weighted by Gasteiger charge is 2.17. The van der Waals surface area contributed by atoms with Gasteiger partial charge in [0.2, 0.25) is 11.7 Å². The van der Waals surface area contributed by atoms with Crippen LogP contribution in [0.2, 0.25) is 0 Å². The third-order valence-electron chi connectivity index (χ3n) is 2.29. The molecule has 7 heteroatoms. The second-order valence-electron chi connectivity index (χ2n) is 3.60. The van der Waals surface area contributed by atoms with E-state index >= 15 is 0 Å². The number of benzene rings is 1. The molecular formula is C13H17N3O4. The van der Waals surface area contributed by atoms with Crippen LogP contribution in [0.5, 0.6) is 17.2 Å². The number of carbonyl (C=O) groups excluding carboxylic acids is 1. The molecule has 0 aromatic heterocycles. The smallest absolute Gasteiger partial charge is 0.249 e. The fraction of sp³-hybridized carbons (Fsp3) is 0.462. The number of hydrogen-bond acceptors (Lipinski definition) is 4. The minimum Gasteiger partial charge on any atom is -0.490 e. The maximum atomic E-state index is 11.7. The first-order valence-electron chi connectivity index (χ1n) is 6.33. The quantitative estimate of drug-likeness (QED) is 0.434. The molecule has 0 aliphatic carbocycles. The number of hydrogen-bond donors (Lipinski definition) is 0. The molecule has 0 saturated heterocycles. The van der Waals surface area contributed by atoms with Crippen molar-refractivity contribution in [2.75, 3.05) is 19.8 Å². The SMILES string of the molecule is CCOc1cc(C(=O)N=[N+]=[N-])cc(OCC)c1OCC. The number of nitrogens with zero attached hydrogens (tertiary/aromatic N) is 3. The van der Waals surface area contributed by atoms with Gasteiger partial charge in [0.15, 0.2) is 11.5 Å². The molecule has 0 fully saturated rings. The average molecular weight is 279 g/mol. The summed E-state index contributed by atoms with van der Waals surface area (Å²) in [5.41, 5.74) is 8.53. The van der Waals surface area contributed by atoms with Gasteiger partial charge < -0.3 is 14.2 Å². The summed E-state index contributed by atoms with van der Waals surface area (Å²) in [6, 6.07) is 2.96. The summed E-state index contributed by atoms with van der Waals surface area (Å²) in [7, 11) is 0. The largest absolute Gasteiger partial charge is 0.490 e. The van der Waals surface area contributed by atoms with Crippen molar-refractivity contribution in [1.29, 1.82) is 0 Å². The fourth-order valence-electron chi connectivity index (χ4n) is 1.61. The predicted molar refractivity (Wildman–Crippen MR) is 73.4 cm³/mol. The Bertz CT molecular complexity index is 497. The molecule has 20 heavy (non-hydrogen) atoms. The Kier molecular flexibility index (Phi) is 6.19. The van der Waals surface area contributed by atoms with Gasteiger partial charge in [-0.3, -0.25) is 4.79 Å². The van der Waals surface area contributed by atoms with Crippen LogP contribution < -0.4 is 14.2 Å². The first-order valence-corrected chi connectivity index (χ1v) is 6.33. The van der Waals surface area contributed by atoms with Crippen LogP contribution in [0.25, 0.3) is 10.4 Å². The number of carbonyl (C=O) groups is 1. The Morgan fingerprint density at radius 1 is 1.10 bits per heavy atom. The van der Waals surface area contributed by atoms with Gasteiger partial charge in [0.05, 0.1) is 19.8 Å². The monoisotopic (exact) mass is 279 g/mol. The lowest BCUT2D eigenvalue weighted by atomic mass is 10.1. The Labute approximate surface area is 117 Å². The van der Waals surface area contributed by atoms with E-state index in [0.29, 0.717) is 37.1 Å². The molecule has 0 aliphatic rings. The van der Waals surface area contributed by atoms with Crippen LogP contribution in [0.4, 0.5) is 0 Å².